The lowest BCUT2D eigenvalue weighted by atomic mass is 10.1. The molecule has 1 N–H and O–H groups in total. The van der Waals surface area contributed by atoms with Gasteiger partial charge in [-0.25, -0.2) is 0 Å². The van der Waals surface area contributed by atoms with Crippen molar-refractivity contribution in [2.45, 2.75) is 12.8 Å². The van der Waals surface area contributed by atoms with Gasteiger partial charge in [-0.2, -0.15) is 0 Å². The Labute approximate surface area is 106 Å². The summed E-state index contributed by atoms with van der Waals surface area (Å²) in [6.45, 7) is 1.37. The Bertz CT molecular complexity index is 570. The molecule has 3 rings (SSSR count). The van der Waals surface area contributed by atoms with Crippen LogP contribution in [0.4, 0.5) is 0 Å². The number of pyridine rings is 1. The van der Waals surface area contributed by atoms with E-state index < -0.39 is 0 Å². The number of Topliss-reactive ketones (excluding diaryl/α,β-unsaturated/α-hetero) is 1. The quantitative estimate of drug-likeness (QED) is 0.816. The minimum absolute atomic E-state index is 0.125. The molecule has 1 aliphatic carbocycles. The van der Waals surface area contributed by atoms with Crippen molar-refractivity contribution < 1.29 is 4.79 Å². The van der Waals surface area contributed by atoms with Gasteiger partial charge in [0.25, 0.3) is 0 Å². The van der Waals surface area contributed by atoms with Gasteiger partial charge >= 0.3 is 0 Å². The molecule has 18 heavy (non-hydrogen) atoms. The number of fused-ring (bicyclic) bond motifs is 1. The third kappa shape index (κ3) is 2.41. The summed E-state index contributed by atoms with van der Waals surface area (Å²) in [5.74, 6) is 0.920. The van der Waals surface area contributed by atoms with Crippen LogP contribution in [0.25, 0.3) is 10.9 Å². The second-order valence-electron chi connectivity index (χ2n) is 4.88. The van der Waals surface area contributed by atoms with Crippen LogP contribution in [0.2, 0.25) is 0 Å². The van der Waals surface area contributed by atoms with E-state index in [-0.39, 0.29) is 5.78 Å². The highest BCUT2D eigenvalue weighted by atomic mass is 16.1. The summed E-state index contributed by atoms with van der Waals surface area (Å²) >= 11 is 0. The summed E-state index contributed by atoms with van der Waals surface area (Å²) < 4.78 is 0. The number of carbonyl (C=O) groups is 1. The second kappa shape index (κ2) is 4.86. The highest BCUT2D eigenvalue weighted by Crippen LogP contribution is 2.27. The van der Waals surface area contributed by atoms with E-state index in [0.717, 1.165) is 28.9 Å². The fourth-order valence-corrected chi connectivity index (χ4v) is 2.14. The molecule has 1 aliphatic rings. The molecule has 1 aromatic carbocycles. The van der Waals surface area contributed by atoms with Crippen LogP contribution in [0.5, 0.6) is 0 Å². The Kier molecular flexibility index (Phi) is 3.07. The van der Waals surface area contributed by atoms with Crippen molar-refractivity contribution in [3.63, 3.8) is 0 Å². The molecule has 1 heterocycles. The summed E-state index contributed by atoms with van der Waals surface area (Å²) in [4.78, 5) is 16.5. The second-order valence-corrected chi connectivity index (χ2v) is 4.88. The third-order valence-corrected chi connectivity index (χ3v) is 3.35. The zero-order chi connectivity index (χ0) is 12.4. The van der Waals surface area contributed by atoms with Crippen LogP contribution in [0, 0.1) is 5.92 Å². The average Bonchev–Trinajstić information content (AvgIpc) is 3.22. The van der Waals surface area contributed by atoms with E-state index in [9.17, 15) is 4.79 Å². The highest BCUT2D eigenvalue weighted by molar-refractivity contribution is 6.07. The zero-order valence-electron chi connectivity index (χ0n) is 10.2. The number of nitrogens with one attached hydrogen (secondary N) is 1. The number of ketones is 1. The summed E-state index contributed by atoms with van der Waals surface area (Å²) in [7, 11) is 0. The van der Waals surface area contributed by atoms with Gasteiger partial charge in [-0.3, -0.25) is 9.78 Å². The third-order valence-electron chi connectivity index (χ3n) is 3.35. The van der Waals surface area contributed by atoms with Crippen LogP contribution in [0.15, 0.2) is 36.5 Å². The van der Waals surface area contributed by atoms with Gasteiger partial charge < -0.3 is 5.32 Å². The number of nitrogens with zero attached hydrogens (tertiary/aromatic N) is 1. The van der Waals surface area contributed by atoms with Gasteiger partial charge in [-0.05, 0) is 37.4 Å². The molecule has 2 aromatic rings. The normalized spacial score (nSPS) is 14.9. The van der Waals surface area contributed by atoms with Gasteiger partial charge in [-0.15, -0.1) is 0 Å². The first-order chi connectivity index (χ1) is 8.84. The van der Waals surface area contributed by atoms with Crippen LogP contribution < -0.4 is 5.32 Å². The smallest absolute Gasteiger partial charge is 0.178 e. The van der Waals surface area contributed by atoms with Crippen molar-refractivity contribution in [1.82, 2.24) is 10.3 Å². The van der Waals surface area contributed by atoms with E-state index in [4.69, 9.17) is 0 Å². The van der Waals surface area contributed by atoms with Gasteiger partial charge in [0, 0.05) is 17.1 Å². The largest absolute Gasteiger partial charge is 0.309 e. The minimum Gasteiger partial charge on any atom is -0.309 e. The molecule has 1 aromatic heterocycles. The topological polar surface area (TPSA) is 42.0 Å². The Morgan fingerprint density at radius 1 is 1.28 bits per heavy atom. The summed E-state index contributed by atoms with van der Waals surface area (Å²) in [6, 6.07) is 9.63. The van der Waals surface area contributed by atoms with Gasteiger partial charge in [0.15, 0.2) is 5.78 Å². The Hall–Kier alpha value is -1.74. The summed E-state index contributed by atoms with van der Waals surface area (Å²) in [6.07, 6.45) is 4.34. The molecular weight excluding hydrogens is 224 g/mol. The molecule has 0 saturated heterocycles. The predicted molar refractivity (Wildman–Crippen MR) is 71.7 cm³/mol. The summed E-state index contributed by atoms with van der Waals surface area (Å²) in [5.41, 5.74) is 1.52. The van der Waals surface area contributed by atoms with Crippen molar-refractivity contribution in [2.24, 2.45) is 5.92 Å². The molecule has 0 radical (unpaired) electrons. The van der Waals surface area contributed by atoms with Gasteiger partial charge in [0.1, 0.15) is 0 Å². The number of para-hydroxylation sites is 1. The first kappa shape index (κ1) is 11.4. The number of hydrogen-bond acceptors (Lipinski definition) is 3. The number of aromatic nitrogens is 1. The first-order valence-electron chi connectivity index (χ1n) is 6.42. The van der Waals surface area contributed by atoms with Crippen molar-refractivity contribution in [1.29, 1.82) is 0 Å². The van der Waals surface area contributed by atoms with Crippen LogP contribution in [-0.4, -0.2) is 23.9 Å². The molecular formula is C15H16N2O. The Morgan fingerprint density at radius 2 is 2.11 bits per heavy atom. The Balaban J connectivity index is 1.77. The van der Waals surface area contributed by atoms with Gasteiger partial charge in [-0.1, -0.05) is 18.2 Å². The maximum Gasteiger partial charge on any atom is 0.178 e. The molecule has 3 heteroatoms. The number of hydrogen-bond donors (Lipinski definition) is 1. The fourth-order valence-electron chi connectivity index (χ4n) is 2.14. The predicted octanol–water partition coefficient (Wildman–Crippen LogP) is 2.42. The van der Waals surface area contributed by atoms with E-state index in [2.05, 4.69) is 10.3 Å². The van der Waals surface area contributed by atoms with Crippen LogP contribution in [-0.2, 0) is 0 Å². The van der Waals surface area contributed by atoms with E-state index in [1.54, 1.807) is 6.20 Å². The summed E-state index contributed by atoms with van der Waals surface area (Å²) in [5, 5.41) is 4.25. The number of benzene rings is 1. The van der Waals surface area contributed by atoms with Crippen molar-refractivity contribution in [3.05, 3.63) is 42.1 Å². The minimum atomic E-state index is 0.125. The standard InChI is InChI=1S/C15H16N2O/c18-14(10-16-9-11-6-7-11)13-5-1-3-12-4-2-8-17-15(12)13/h1-5,8,11,16H,6-7,9-10H2. The molecule has 0 spiro atoms. The van der Waals surface area contributed by atoms with E-state index in [1.807, 2.05) is 30.3 Å². The first-order valence-corrected chi connectivity index (χ1v) is 6.42. The average molecular weight is 240 g/mol. The lowest BCUT2D eigenvalue weighted by molar-refractivity contribution is 0.0992. The molecule has 0 amide bonds. The molecule has 0 atom stereocenters. The maximum absolute atomic E-state index is 12.2. The lowest BCUT2D eigenvalue weighted by Gasteiger charge is -2.06. The molecule has 1 saturated carbocycles. The Morgan fingerprint density at radius 3 is 2.94 bits per heavy atom. The van der Waals surface area contributed by atoms with Crippen molar-refractivity contribution >= 4 is 16.7 Å². The van der Waals surface area contributed by atoms with Crippen LogP contribution in [0.1, 0.15) is 23.2 Å². The van der Waals surface area contributed by atoms with Gasteiger partial charge in [0.05, 0.1) is 12.1 Å². The van der Waals surface area contributed by atoms with Gasteiger partial charge in [0.2, 0.25) is 0 Å². The van der Waals surface area contributed by atoms with Crippen LogP contribution >= 0.6 is 0 Å². The monoisotopic (exact) mass is 240 g/mol. The van der Waals surface area contributed by atoms with Crippen molar-refractivity contribution in [3.8, 4) is 0 Å². The van der Waals surface area contributed by atoms with Crippen molar-refractivity contribution in [2.75, 3.05) is 13.1 Å². The molecule has 92 valence electrons. The SMILES string of the molecule is O=C(CNCC1CC1)c1cccc2cccnc12. The molecule has 0 aliphatic heterocycles. The number of rotatable bonds is 5. The van der Waals surface area contributed by atoms with Crippen LogP contribution in [0.3, 0.4) is 0 Å². The maximum atomic E-state index is 12.2. The highest BCUT2D eigenvalue weighted by Gasteiger charge is 2.21. The van der Waals surface area contributed by atoms with E-state index in [0.29, 0.717) is 6.54 Å². The molecule has 0 bridgehead atoms. The zero-order valence-corrected chi connectivity index (χ0v) is 10.2. The fraction of sp³-hybridized carbons (Fsp3) is 0.333. The lowest BCUT2D eigenvalue weighted by Crippen LogP contribution is -2.25. The molecule has 1 fully saturated rings. The number of carbonyl (C=O) groups excluding carboxylic acids is 1. The van der Waals surface area contributed by atoms with E-state index in [1.165, 1.54) is 12.8 Å². The van der Waals surface area contributed by atoms with E-state index >= 15 is 0 Å². The molecule has 0 unspecified atom stereocenters. The molecule has 3 nitrogen and oxygen atoms in total.